The molecule has 0 aliphatic carbocycles. The van der Waals surface area contributed by atoms with Gasteiger partial charge in [-0.15, -0.1) is 0 Å². The van der Waals surface area contributed by atoms with Crippen molar-refractivity contribution in [3.63, 3.8) is 0 Å². The number of rotatable bonds is 2. The topological polar surface area (TPSA) is 124 Å². The van der Waals surface area contributed by atoms with Crippen LogP contribution in [0.2, 0.25) is 0 Å². The van der Waals surface area contributed by atoms with E-state index >= 15 is 0 Å². The highest BCUT2D eigenvalue weighted by atomic mass is 16.5. The van der Waals surface area contributed by atoms with E-state index in [1.54, 1.807) is 0 Å². The van der Waals surface area contributed by atoms with Crippen molar-refractivity contribution in [1.29, 1.82) is 0 Å². The van der Waals surface area contributed by atoms with Crippen molar-refractivity contribution in [3.05, 3.63) is 0 Å². The molecule has 2 fully saturated rings. The molecule has 3 amide bonds. The van der Waals surface area contributed by atoms with Gasteiger partial charge < -0.3 is 10.6 Å². The lowest BCUT2D eigenvalue weighted by Gasteiger charge is -2.29. The Morgan fingerprint density at radius 2 is 2.19 bits per heavy atom. The Morgan fingerprint density at radius 3 is 2.90 bits per heavy atom. The maximum atomic E-state index is 12.0. The molecule has 114 valence electrons. The van der Waals surface area contributed by atoms with Crippen molar-refractivity contribution in [2.45, 2.75) is 43.8 Å². The van der Waals surface area contributed by atoms with Gasteiger partial charge in [0.2, 0.25) is 0 Å². The Kier molecular flexibility index (Phi) is 3.58. The van der Waals surface area contributed by atoms with Crippen LogP contribution in [0.3, 0.4) is 0 Å². The van der Waals surface area contributed by atoms with Crippen LogP contribution in [-0.4, -0.2) is 64.2 Å². The molecule has 0 aromatic heterocycles. The lowest BCUT2D eigenvalue weighted by molar-refractivity contribution is -0.119. The maximum Gasteiger partial charge on any atom is 0.344 e. The number of hydroxylamine groups is 2. The van der Waals surface area contributed by atoms with Gasteiger partial charge in [-0.25, -0.2) is 9.86 Å². The van der Waals surface area contributed by atoms with E-state index in [0.29, 0.717) is 32.4 Å². The van der Waals surface area contributed by atoms with Crippen LogP contribution in [0.15, 0.2) is 15.2 Å². The number of amidine groups is 1. The fourth-order valence-corrected chi connectivity index (χ4v) is 2.98. The largest absolute Gasteiger partial charge is 0.385 e. The number of carbonyl (C=O) groups excluding carboxylic acids is 2. The summed E-state index contributed by atoms with van der Waals surface area (Å²) in [6.45, 7) is 1.05. The van der Waals surface area contributed by atoms with Gasteiger partial charge in [-0.2, -0.15) is 15.2 Å². The van der Waals surface area contributed by atoms with Crippen molar-refractivity contribution in [1.82, 2.24) is 9.96 Å². The molecule has 3 N–H and O–H groups in total. The zero-order valence-corrected chi connectivity index (χ0v) is 11.6. The predicted molar refractivity (Wildman–Crippen MR) is 71.9 cm³/mol. The molecule has 3 aliphatic rings. The summed E-state index contributed by atoms with van der Waals surface area (Å²) in [6, 6.07) is -1.66. The second-order valence-electron chi connectivity index (χ2n) is 5.54. The van der Waals surface area contributed by atoms with E-state index in [0.717, 1.165) is 11.5 Å². The molecular formula is C12H18N6O3. The van der Waals surface area contributed by atoms with Crippen LogP contribution in [0, 0.1) is 0 Å². The summed E-state index contributed by atoms with van der Waals surface area (Å²) in [5, 5.41) is 18.1. The number of nitrogens with zero attached hydrogens (tertiary/aromatic N) is 5. The van der Waals surface area contributed by atoms with Crippen LogP contribution >= 0.6 is 0 Å². The average Bonchev–Trinajstić information content (AvgIpc) is 2.73. The Labute approximate surface area is 121 Å². The Hall–Kier alpha value is -2.03. The number of fused-ring (bicyclic) bond motifs is 2. The fourth-order valence-electron chi connectivity index (χ4n) is 2.98. The molecule has 9 nitrogen and oxygen atoms in total. The molecule has 3 aliphatic heterocycles. The minimum Gasteiger partial charge on any atom is -0.385 e. The van der Waals surface area contributed by atoms with Crippen LogP contribution in [0.4, 0.5) is 4.79 Å². The molecule has 3 heterocycles. The lowest BCUT2D eigenvalue weighted by Crippen LogP contribution is -2.48. The number of nitrogens with two attached hydrogens (primary N) is 1. The molecule has 3 rings (SSSR count). The Bertz CT molecular complexity index is 519. The van der Waals surface area contributed by atoms with E-state index in [2.05, 4.69) is 15.2 Å². The van der Waals surface area contributed by atoms with E-state index < -0.39 is 24.0 Å². The van der Waals surface area contributed by atoms with Gasteiger partial charge in [0.05, 0.1) is 18.6 Å². The molecule has 0 aromatic rings. The monoisotopic (exact) mass is 294 g/mol. The number of piperidine rings is 1. The van der Waals surface area contributed by atoms with Crippen LogP contribution in [-0.2, 0) is 4.79 Å². The number of hydrogen-bond donors (Lipinski definition) is 2. The molecule has 2 bridgehead atoms. The smallest absolute Gasteiger partial charge is 0.344 e. The van der Waals surface area contributed by atoms with E-state index in [9.17, 15) is 14.8 Å². The lowest BCUT2D eigenvalue weighted by atomic mass is 10.00. The van der Waals surface area contributed by atoms with E-state index in [1.165, 1.54) is 4.90 Å². The van der Waals surface area contributed by atoms with Crippen molar-refractivity contribution >= 4 is 17.8 Å². The highest BCUT2D eigenvalue weighted by Crippen LogP contribution is 2.28. The average molecular weight is 294 g/mol. The standard InChI is InChI=1S/C12H18N6O3/c13-10(15-11(19)8-2-1-5-14-16-8)9-4-3-7-6-17(9)12(20)18(7)21/h7-9,21H,1-6H2,(H2,13,15,19)/t7-,8?,9+/m1/s1. The summed E-state index contributed by atoms with van der Waals surface area (Å²) in [5.74, 6) is -0.298. The molecular weight excluding hydrogens is 276 g/mol. The molecule has 21 heavy (non-hydrogen) atoms. The summed E-state index contributed by atoms with van der Waals surface area (Å²) < 4.78 is 0. The van der Waals surface area contributed by atoms with Gasteiger partial charge in [-0.1, -0.05) is 0 Å². The fraction of sp³-hybridized carbons (Fsp3) is 0.750. The van der Waals surface area contributed by atoms with Crippen LogP contribution in [0.1, 0.15) is 25.7 Å². The van der Waals surface area contributed by atoms with Crippen molar-refractivity contribution in [3.8, 4) is 0 Å². The zero-order valence-electron chi connectivity index (χ0n) is 11.6. The van der Waals surface area contributed by atoms with Gasteiger partial charge in [0.1, 0.15) is 5.84 Å². The number of aliphatic imine (C=N–C) groups is 1. The maximum absolute atomic E-state index is 12.0. The SMILES string of the molecule is NC(=NC(=O)C1CCCN=N1)[C@@H]1CC[C@@H]2CN1C(=O)N2O. The van der Waals surface area contributed by atoms with E-state index in [-0.39, 0.29) is 11.9 Å². The molecule has 9 heteroatoms. The van der Waals surface area contributed by atoms with Gasteiger partial charge in [0, 0.05) is 6.54 Å². The van der Waals surface area contributed by atoms with Crippen molar-refractivity contribution < 1.29 is 14.8 Å². The minimum atomic E-state index is -0.558. The second kappa shape index (κ2) is 5.40. The van der Waals surface area contributed by atoms with Gasteiger partial charge in [0.25, 0.3) is 5.91 Å². The highest BCUT2D eigenvalue weighted by molar-refractivity contribution is 6.00. The van der Waals surface area contributed by atoms with Gasteiger partial charge >= 0.3 is 6.03 Å². The number of azo groups is 1. The normalized spacial score (nSPS) is 32.7. The quantitative estimate of drug-likeness (QED) is 0.427. The molecule has 0 radical (unpaired) electrons. The summed E-state index contributed by atoms with van der Waals surface area (Å²) >= 11 is 0. The van der Waals surface area contributed by atoms with Crippen LogP contribution in [0.25, 0.3) is 0 Å². The second-order valence-corrected chi connectivity index (χ2v) is 5.54. The molecule has 0 spiro atoms. The first-order valence-electron chi connectivity index (χ1n) is 7.11. The highest BCUT2D eigenvalue weighted by Gasteiger charge is 2.45. The summed E-state index contributed by atoms with van der Waals surface area (Å²) in [5.41, 5.74) is 5.91. The number of amides is 3. The molecule has 0 saturated carbocycles. The first-order valence-corrected chi connectivity index (χ1v) is 7.11. The van der Waals surface area contributed by atoms with Gasteiger partial charge in [-0.3, -0.25) is 10.0 Å². The van der Waals surface area contributed by atoms with Crippen LogP contribution in [0.5, 0.6) is 0 Å². The third-order valence-electron chi connectivity index (χ3n) is 4.17. The van der Waals surface area contributed by atoms with Gasteiger partial charge in [0.15, 0.2) is 6.04 Å². The Balaban J connectivity index is 1.72. The van der Waals surface area contributed by atoms with E-state index in [4.69, 9.17) is 5.73 Å². The predicted octanol–water partition coefficient (Wildman–Crippen LogP) is 0.143. The van der Waals surface area contributed by atoms with Crippen LogP contribution < -0.4 is 5.73 Å². The summed E-state index contributed by atoms with van der Waals surface area (Å²) in [7, 11) is 0. The minimum absolute atomic E-state index is 0.114. The van der Waals surface area contributed by atoms with Crippen molar-refractivity contribution in [2.24, 2.45) is 21.0 Å². The van der Waals surface area contributed by atoms with E-state index in [1.807, 2.05) is 0 Å². The molecule has 1 unspecified atom stereocenters. The first kappa shape index (κ1) is 13.9. The van der Waals surface area contributed by atoms with Crippen molar-refractivity contribution in [2.75, 3.05) is 13.1 Å². The third kappa shape index (κ3) is 2.48. The van der Waals surface area contributed by atoms with Gasteiger partial charge in [-0.05, 0) is 25.7 Å². The molecule has 2 saturated heterocycles. The molecule has 0 aromatic carbocycles. The third-order valence-corrected chi connectivity index (χ3v) is 4.17. The number of hydrogen-bond acceptors (Lipinski definition) is 5. The Morgan fingerprint density at radius 1 is 1.38 bits per heavy atom. The number of carbonyl (C=O) groups is 2. The zero-order chi connectivity index (χ0) is 15.0. The first-order chi connectivity index (χ1) is 10.1. The molecule has 3 atom stereocenters. The summed E-state index contributed by atoms with van der Waals surface area (Å²) in [4.78, 5) is 29.2. The number of urea groups is 1. The summed E-state index contributed by atoms with van der Waals surface area (Å²) in [6.07, 6.45) is 2.66.